The van der Waals surface area contributed by atoms with Gasteiger partial charge in [0.1, 0.15) is 0 Å². The lowest BCUT2D eigenvalue weighted by atomic mass is 10.2. The van der Waals surface area contributed by atoms with Gasteiger partial charge in [0.2, 0.25) is 15.9 Å². The smallest absolute Gasteiger partial charge is 0.243 e. The molecule has 1 rings (SSSR count). The normalized spacial score (nSPS) is 11.4. The molecule has 0 radical (unpaired) electrons. The van der Waals surface area contributed by atoms with Crippen LogP contribution in [0.25, 0.3) is 0 Å². The van der Waals surface area contributed by atoms with Gasteiger partial charge in [-0.15, -0.1) is 6.58 Å². The molecule has 0 bridgehead atoms. The average Bonchev–Trinajstić information content (AvgIpc) is 2.38. The highest BCUT2D eigenvalue weighted by molar-refractivity contribution is 7.89. The molecule has 0 spiro atoms. The first-order chi connectivity index (χ1) is 9.28. The Balaban J connectivity index is 2.95. The zero-order valence-corrected chi connectivity index (χ0v) is 12.8. The Morgan fingerprint density at radius 3 is 2.65 bits per heavy atom. The third kappa shape index (κ3) is 3.91. The summed E-state index contributed by atoms with van der Waals surface area (Å²) < 4.78 is 25.9. The number of likely N-dealkylation sites (N-methyl/N-ethyl adjacent to an activating group) is 1. The number of benzene rings is 1. The number of carbonyl (C=O) groups is 1. The number of amides is 1. The first-order valence-electron chi connectivity index (χ1n) is 6.20. The van der Waals surface area contributed by atoms with E-state index >= 15 is 0 Å². The van der Waals surface area contributed by atoms with Crippen molar-refractivity contribution in [2.75, 3.05) is 20.1 Å². The zero-order valence-electron chi connectivity index (χ0n) is 12.0. The Kier molecular flexibility index (Phi) is 5.47. The largest absolute Gasteiger partial charge is 0.351 e. The first-order valence-corrected chi connectivity index (χ1v) is 7.64. The van der Waals surface area contributed by atoms with Crippen LogP contribution in [0, 0.1) is 13.8 Å². The maximum absolute atomic E-state index is 12.4. The van der Waals surface area contributed by atoms with Crippen LogP contribution in [0.15, 0.2) is 35.7 Å². The molecule has 0 aliphatic rings. The highest BCUT2D eigenvalue weighted by atomic mass is 32.2. The SMILES string of the molecule is C=CCNC(=O)CN(C)S(=O)(=O)c1cc(C)ccc1C. The van der Waals surface area contributed by atoms with Crippen LogP contribution in [-0.4, -0.2) is 38.8 Å². The van der Waals surface area contributed by atoms with E-state index in [1.807, 2.05) is 13.0 Å². The van der Waals surface area contributed by atoms with E-state index in [2.05, 4.69) is 11.9 Å². The van der Waals surface area contributed by atoms with Gasteiger partial charge >= 0.3 is 0 Å². The van der Waals surface area contributed by atoms with Crippen molar-refractivity contribution in [2.24, 2.45) is 0 Å². The Morgan fingerprint density at radius 2 is 2.05 bits per heavy atom. The standard InChI is InChI=1S/C14H20N2O3S/c1-5-8-15-14(17)10-16(4)20(18,19)13-9-11(2)6-7-12(13)3/h5-7,9H,1,8,10H2,2-4H3,(H,15,17). The monoisotopic (exact) mass is 296 g/mol. The summed E-state index contributed by atoms with van der Waals surface area (Å²) in [7, 11) is -2.27. The van der Waals surface area contributed by atoms with Crippen molar-refractivity contribution in [1.82, 2.24) is 9.62 Å². The van der Waals surface area contributed by atoms with Crippen molar-refractivity contribution >= 4 is 15.9 Å². The third-order valence-electron chi connectivity index (χ3n) is 2.84. The number of carbonyl (C=O) groups excluding carboxylic acids is 1. The van der Waals surface area contributed by atoms with Gasteiger partial charge in [0, 0.05) is 13.6 Å². The number of sulfonamides is 1. The second-order valence-electron chi connectivity index (χ2n) is 4.62. The van der Waals surface area contributed by atoms with Crippen LogP contribution in [0.1, 0.15) is 11.1 Å². The van der Waals surface area contributed by atoms with Gasteiger partial charge in [0.15, 0.2) is 0 Å². The quantitative estimate of drug-likeness (QED) is 0.803. The highest BCUT2D eigenvalue weighted by Gasteiger charge is 2.24. The molecule has 1 aromatic rings. The van der Waals surface area contributed by atoms with E-state index in [1.54, 1.807) is 19.1 Å². The van der Waals surface area contributed by atoms with Crippen LogP contribution in [0.5, 0.6) is 0 Å². The molecule has 1 amide bonds. The minimum absolute atomic E-state index is 0.219. The van der Waals surface area contributed by atoms with E-state index in [-0.39, 0.29) is 17.3 Å². The van der Waals surface area contributed by atoms with Gasteiger partial charge in [-0.05, 0) is 31.0 Å². The third-order valence-corrected chi connectivity index (χ3v) is 4.79. The summed E-state index contributed by atoms with van der Waals surface area (Å²) in [5, 5.41) is 2.55. The lowest BCUT2D eigenvalue weighted by Gasteiger charge is -2.18. The molecule has 20 heavy (non-hydrogen) atoms. The molecule has 5 nitrogen and oxygen atoms in total. The molecule has 0 aliphatic heterocycles. The van der Waals surface area contributed by atoms with Gasteiger partial charge < -0.3 is 5.32 Å². The molecule has 0 heterocycles. The molecule has 0 fully saturated rings. The summed E-state index contributed by atoms with van der Waals surface area (Å²) in [5.41, 5.74) is 1.52. The van der Waals surface area contributed by atoms with Crippen LogP contribution in [0.3, 0.4) is 0 Å². The van der Waals surface area contributed by atoms with E-state index in [4.69, 9.17) is 0 Å². The minimum atomic E-state index is -3.67. The van der Waals surface area contributed by atoms with Crippen molar-refractivity contribution in [3.05, 3.63) is 42.0 Å². The lowest BCUT2D eigenvalue weighted by molar-refractivity contribution is -0.120. The Labute approximate surface area is 120 Å². The molecular weight excluding hydrogens is 276 g/mol. The fourth-order valence-electron chi connectivity index (χ4n) is 1.68. The van der Waals surface area contributed by atoms with Crippen LogP contribution >= 0.6 is 0 Å². The van der Waals surface area contributed by atoms with Crippen LogP contribution in [-0.2, 0) is 14.8 Å². The Hall–Kier alpha value is -1.66. The zero-order chi connectivity index (χ0) is 15.3. The van der Waals surface area contributed by atoms with Gasteiger partial charge in [-0.1, -0.05) is 18.2 Å². The van der Waals surface area contributed by atoms with E-state index in [0.29, 0.717) is 12.1 Å². The van der Waals surface area contributed by atoms with Crippen molar-refractivity contribution in [1.29, 1.82) is 0 Å². The van der Waals surface area contributed by atoms with Crippen LogP contribution in [0.4, 0.5) is 0 Å². The number of hydrogen-bond donors (Lipinski definition) is 1. The van der Waals surface area contributed by atoms with E-state index in [0.717, 1.165) is 9.87 Å². The summed E-state index contributed by atoms with van der Waals surface area (Å²) >= 11 is 0. The Bertz CT molecular complexity index is 609. The maximum Gasteiger partial charge on any atom is 0.243 e. The number of nitrogens with one attached hydrogen (secondary N) is 1. The van der Waals surface area contributed by atoms with Crippen LogP contribution in [0.2, 0.25) is 0 Å². The van der Waals surface area contributed by atoms with Crippen LogP contribution < -0.4 is 5.32 Å². The van der Waals surface area contributed by atoms with Gasteiger partial charge in [-0.3, -0.25) is 4.79 Å². The summed E-state index contributed by atoms with van der Waals surface area (Å²) in [4.78, 5) is 11.8. The van der Waals surface area contributed by atoms with Crippen molar-refractivity contribution in [3.8, 4) is 0 Å². The molecule has 0 saturated carbocycles. The molecule has 0 aliphatic carbocycles. The lowest BCUT2D eigenvalue weighted by Crippen LogP contribution is -2.38. The molecule has 6 heteroatoms. The fourth-order valence-corrected chi connectivity index (χ4v) is 3.11. The Morgan fingerprint density at radius 1 is 1.40 bits per heavy atom. The van der Waals surface area contributed by atoms with E-state index in [1.165, 1.54) is 13.1 Å². The number of aryl methyl sites for hydroxylation is 2. The summed E-state index contributed by atoms with van der Waals surface area (Å²) in [5.74, 6) is -0.360. The van der Waals surface area contributed by atoms with E-state index in [9.17, 15) is 13.2 Å². The molecule has 0 saturated heterocycles. The second-order valence-corrected chi connectivity index (χ2v) is 6.64. The highest BCUT2D eigenvalue weighted by Crippen LogP contribution is 2.20. The van der Waals surface area contributed by atoms with E-state index < -0.39 is 10.0 Å². The average molecular weight is 296 g/mol. The van der Waals surface area contributed by atoms with Gasteiger partial charge in [0.05, 0.1) is 11.4 Å². The molecule has 0 atom stereocenters. The maximum atomic E-state index is 12.4. The molecule has 1 N–H and O–H groups in total. The molecule has 0 unspecified atom stereocenters. The van der Waals surface area contributed by atoms with Gasteiger partial charge in [-0.2, -0.15) is 4.31 Å². The minimum Gasteiger partial charge on any atom is -0.351 e. The van der Waals surface area contributed by atoms with Crippen molar-refractivity contribution < 1.29 is 13.2 Å². The number of hydrogen-bond acceptors (Lipinski definition) is 3. The molecule has 0 aromatic heterocycles. The van der Waals surface area contributed by atoms with Gasteiger partial charge in [-0.25, -0.2) is 8.42 Å². The predicted octanol–water partition coefficient (Wildman–Crippen LogP) is 1.23. The van der Waals surface area contributed by atoms with Gasteiger partial charge in [0.25, 0.3) is 0 Å². The number of rotatable bonds is 6. The molecule has 110 valence electrons. The summed E-state index contributed by atoms with van der Waals surface area (Å²) in [6, 6.07) is 5.22. The summed E-state index contributed by atoms with van der Waals surface area (Å²) in [6.45, 7) is 7.14. The summed E-state index contributed by atoms with van der Waals surface area (Å²) in [6.07, 6.45) is 1.54. The predicted molar refractivity (Wildman–Crippen MR) is 78.9 cm³/mol. The second kappa shape index (κ2) is 6.67. The molecule has 1 aromatic carbocycles. The number of nitrogens with zero attached hydrogens (tertiary/aromatic N) is 1. The topological polar surface area (TPSA) is 66.5 Å². The van der Waals surface area contributed by atoms with Crippen molar-refractivity contribution in [3.63, 3.8) is 0 Å². The molecular formula is C14H20N2O3S. The first kappa shape index (κ1) is 16.4. The van der Waals surface area contributed by atoms with Crippen molar-refractivity contribution in [2.45, 2.75) is 18.7 Å². The fraction of sp³-hybridized carbons (Fsp3) is 0.357.